The van der Waals surface area contributed by atoms with Crippen molar-refractivity contribution in [2.45, 2.75) is 0 Å². The Bertz CT molecular complexity index is 176. The molecule has 0 saturated carbocycles. The molecule has 0 radical (unpaired) electrons. The second-order valence-electron chi connectivity index (χ2n) is 2.34. The van der Waals surface area contributed by atoms with Gasteiger partial charge in [0.1, 0.15) is 0 Å². The van der Waals surface area contributed by atoms with E-state index in [4.69, 9.17) is 4.74 Å². The topological polar surface area (TPSA) is 38.3 Å². The van der Waals surface area contributed by atoms with Crippen LogP contribution in [0.1, 0.15) is 0 Å². The highest BCUT2D eigenvalue weighted by atomic mass is 79.9. The SMILES string of the molecule is C=C(Br)CNC(=O)CSCCOC. The van der Waals surface area contributed by atoms with Gasteiger partial charge in [0, 0.05) is 23.9 Å². The highest BCUT2D eigenvalue weighted by Gasteiger charge is 2.00. The third-order valence-corrected chi connectivity index (χ3v) is 2.34. The van der Waals surface area contributed by atoms with E-state index < -0.39 is 0 Å². The lowest BCUT2D eigenvalue weighted by atomic mass is 10.6. The summed E-state index contributed by atoms with van der Waals surface area (Å²) in [4.78, 5) is 11.1. The van der Waals surface area contributed by atoms with Crippen LogP contribution in [0.15, 0.2) is 11.1 Å². The average Bonchev–Trinajstić information content (AvgIpc) is 2.09. The Morgan fingerprint density at radius 3 is 2.92 bits per heavy atom. The summed E-state index contributed by atoms with van der Waals surface area (Å²) in [5.41, 5.74) is 0. The third kappa shape index (κ3) is 9.92. The number of ether oxygens (including phenoxy) is 1. The van der Waals surface area contributed by atoms with Gasteiger partial charge in [-0.15, -0.1) is 11.8 Å². The number of hydrogen-bond donors (Lipinski definition) is 1. The fourth-order valence-corrected chi connectivity index (χ4v) is 1.41. The minimum Gasteiger partial charge on any atom is -0.384 e. The molecule has 76 valence electrons. The van der Waals surface area contributed by atoms with Crippen molar-refractivity contribution >= 4 is 33.6 Å². The number of carbonyl (C=O) groups is 1. The van der Waals surface area contributed by atoms with Crippen LogP contribution < -0.4 is 5.32 Å². The first-order chi connectivity index (χ1) is 6.16. The van der Waals surface area contributed by atoms with Crippen LogP contribution in [0, 0.1) is 0 Å². The van der Waals surface area contributed by atoms with Gasteiger partial charge in [-0.3, -0.25) is 4.79 Å². The van der Waals surface area contributed by atoms with E-state index in [1.165, 1.54) is 0 Å². The van der Waals surface area contributed by atoms with Gasteiger partial charge in [-0.2, -0.15) is 0 Å². The highest BCUT2D eigenvalue weighted by Crippen LogP contribution is 2.00. The molecule has 0 aromatic rings. The number of carbonyl (C=O) groups excluding carboxylic acids is 1. The molecule has 0 rings (SSSR count). The Balaban J connectivity index is 3.25. The van der Waals surface area contributed by atoms with Gasteiger partial charge in [-0.25, -0.2) is 0 Å². The van der Waals surface area contributed by atoms with Crippen LogP contribution in [0.3, 0.4) is 0 Å². The summed E-state index contributed by atoms with van der Waals surface area (Å²) in [6, 6.07) is 0. The van der Waals surface area contributed by atoms with E-state index in [1.54, 1.807) is 18.9 Å². The maximum absolute atomic E-state index is 11.1. The fraction of sp³-hybridized carbons (Fsp3) is 0.625. The molecule has 13 heavy (non-hydrogen) atoms. The van der Waals surface area contributed by atoms with Crippen LogP contribution in [0.25, 0.3) is 0 Å². The lowest BCUT2D eigenvalue weighted by Gasteiger charge is -2.03. The Hall–Kier alpha value is -0.0000000000000000763. The minimum absolute atomic E-state index is 0.0294. The smallest absolute Gasteiger partial charge is 0.230 e. The molecule has 0 aromatic heterocycles. The van der Waals surface area contributed by atoms with Crippen molar-refractivity contribution in [2.75, 3.05) is 31.8 Å². The van der Waals surface area contributed by atoms with E-state index in [9.17, 15) is 4.79 Å². The van der Waals surface area contributed by atoms with Gasteiger partial charge < -0.3 is 10.1 Å². The first-order valence-corrected chi connectivity index (χ1v) is 5.78. The maximum Gasteiger partial charge on any atom is 0.230 e. The summed E-state index contributed by atoms with van der Waals surface area (Å²) in [6.07, 6.45) is 0. The summed E-state index contributed by atoms with van der Waals surface area (Å²) in [6.45, 7) is 4.79. The van der Waals surface area contributed by atoms with Gasteiger partial charge in [0.05, 0.1) is 12.4 Å². The summed E-state index contributed by atoms with van der Waals surface area (Å²) < 4.78 is 5.63. The maximum atomic E-state index is 11.1. The summed E-state index contributed by atoms with van der Waals surface area (Å²) in [5, 5.41) is 2.71. The van der Waals surface area contributed by atoms with Crippen LogP contribution in [0.4, 0.5) is 0 Å². The third-order valence-electron chi connectivity index (χ3n) is 1.14. The normalized spacial score (nSPS) is 9.69. The van der Waals surface area contributed by atoms with Crippen molar-refractivity contribution < 1.29 is 9.53 Å². The molecule has 0 aliphatic heterocycles. The first-order valence-electron chi connectivity index (χ1n) is 3.83. The van der Waals surface area contributed by atoms with E-state index in [1.807, 2.05) is 0 Å². The molecule has 0 bridgehead atoms. The average molecular weight is 268 g/mol. The predicted octanol–water partition coefficient (Wildman–Crippen LogP) is 1.39. The van der Waals surface area contributed by atoms with Crippen LogP contribution in [-0.2, 0) is 9.53 Å². The standard InChI is InChI=1S/C8H14BrNO2S/c1-7(9)5-10-8(11)6-13-4-3-12-2/h1,3-6H2,2H3,(H,10,11). The summed E-state index contributed by atoms with van der Waals surface area (Å²) >= 11 is 4.72. The van der Waals surface area contributed by atoms with E-state index >= 15 is 0 Å². The minimum atomic E-state index is 0.0294. The molecule has 0 saturated heterocycles. The zero-order valence-corrected chi connectivity index (χ0v) is 10.0. The number of hydrogen-bond acceptors (Lipinski definition) is 3. The van der Waals surface area contributed by atoms with Gasteiger partial charge >= 0.3 is 0 Å². The van der Waals surface area contributed by atoms with Gasteiger partial charge in [0.15, 0.2) is 0 Å². The van der Waals surface area contributed by atoms with Crippen LogP contribution in [0.2, 0.25) is 0 Å². The quantitative estimate of drug-likeness (QED) is 0.709. The number of thioether (sulfide) groups is 1. The van der Waals surface area contributed by atoms with E-state index in [-0.39, 0.29) is 5.91 Å². The number of halogens is 1. The summed E-state index contributed by atoms with van der Waals surface area (Å²) in [7, 11) is 1.65. The fourth-order valence-electron chi connectivity index (χ4n) is 0.553. The van der Waals surface area contributed by atoms with Crippen molar-refractivity contribution in [1.82, 2.24) is 5.32 Å². The molecule has 0 aromatic carbocycles. The molecule has 0 aliphatic rings. The molecule has 1 amide bonds. The van der Waals surface area contributed by atoms with Crippen molar-refractivity contribution in [2.24, 2.45) is 0 Å². The van der Waals surface area contributed by atoms with Crippen molar-refractivity contribution in [3.05, 3.63) is 11.1 Å². The Morgan fingerprint density at radius 1 is 1.69 bits per heavy atom. The zero-order valence-electron chi connectivity index (χ0n) is 7.64. The molecule has 1 N–H and O–H groups in total. The van der Waals surface area contributed by atoms with E-state index in [0.717, 1.165) is 10.2 Å². The monoisotopic (exact) mass is 267 g/mol. The van der Waals surface area contributed by atoms with Crippen LogP contribution >= 0.6 is 27.7 Å². The molecule has 3 nitrogen and oxygen atoms in total. The van der Waals surface area contributed by atoms with Gasteiger partial charge in [0.25, 0.3) is 0 Å². The number of methoxy groups -OCH3 is 1. The van der Waals surface area contributed by atoms with Gasteiger partial charge in [-0.1, -0.05) is 22.5 Å². The Kier molecular flexibility index (Phi) is 8.59. The second kappa shape index (κ2) is 8.59. The van der Waals surface area contributed by atoms with E-state index in [2.05, 4.69) is 27.8 Å². The van der Waals surface area contributed by atoms with E-state index in [0.29, 0.717) is 18.9 Å². The Morgan fingerprint density at radius 2 is 2.38 bits per heavy atom. The van der Waals surface area contributed by atoms with Crippen molar-refractivity contribution in [3.63, 3.8) is 0 Å². The van der Waals surface area contributed by atoms with Gasteiger partial charge in [0.2, 0.25) is 5.91 Å². The molecular formula is C8H14BrNO2S. The molecule has 0 atom stereocenters. The van der Waals surface area contributed by atoms with Crippen LogP contribution in [-0.4, -0.2) is 37.7 Å². The molecule has 0 aliphatic carbocycles. The largest absolute Gasteiger partial charge is 0.384 e. The molecule has 0 unspecified atom stereocenters. The molecular weight excluding hydrogens is 254 g/mol. The van der Waals surface area contributed by atoms with Crippen molar-refractivity contribution in [3.8, 4) is 0 Å². The predicted molar refractivity (Wildman–Crippen MR) is 60.3 cm³/mol. The Labute approximate surface area is 91.4 Å². The highest BCUT2D eigenvalue weighted by molar-refractivity contribution is 9.11. The number of amides is 1. The van der Waals surface area contributed by atoms with Crippen molar-refractivity contribution in [1.29, 1.82) is 0 Å². The summed E-state index contributed by atoms with van der Waals surface area (Å²) in [5.74, 6) is 1.35. The van der Waals surface area contributed by atoms with Gasteiger partial charge in [-0.05, 0) is 0 Å². The second-order valence-corrected chi connectivity index (χ2v) is 4.57. The first kappa shape index (κ1) is 13.0. The molecule has 0 spiro atoms. The molecule has 5 heteroatoms. The van der Waals surface area contributed by atoms with Crippen LogP contribution in [0.5, 0.6) is 0 Å². The lowest BCUT2D eigenvalue weighted by molar-refractivity contribution is -0.118. The molecule has 0 fully saturated rings. The number of rotatable bonds is 7. The molecule has 0 heterocycles. The zero-order chi connectivity index (χ0) is 10.1. The lowest BCUT2D eigenvalue weighted by Crippen LogP contribution is -2.26. The number of nitrogens with one attached hydrogen (secondary N) is 1.